The summed E-state index contributed by atoms with van der Waals surface area (Å²) in [4.78, 5) is 17.6. The molecule has 1 rings (SSSR count). The van der Waals surface area contributed by atoms with Crippen molar-refractivity contribution in [2.24, 2.45) is 0 Å². The molecule has 0 amide bonds. The topological polar surface area (TPSA) is 42.9 Å². The third kappa shape index (κ3) is 1.70. The lowest BCUT2D eigenvalue weighted by molar-refractivity contribution is 0.112. The lowest BCUT2D eigenvalue weighted by atomic mass is 10.4. The van der Waals surface area contributed by atoms with Crippen LogP contribution >= 0.6 is 22.6 Å². The molecule has 1 aromatic heterocycles. The lowest BCUT2D eigenvalue weighted by Gasteiger charge is -1.86. The summed E-state index contributed by atoms with van der Waals surface area (Å²) in [6, 6.07) is 0. The minimum Gasteiger partial charge on any atom is -0.298 e. The smallest absolute Gasteiger partial charge is 0.190 e. The van der Waals surface area contributed by atoms with Crippen molar-refractivity contribution >= 4 is 28.9 Å². The Hall–Kier alpha value is -0.520. The molecular formula is C5H3IN2O. The Balaban J connectivity index is 3.01. The maximum Gasteiger partial charge on any atom is 0.190 e. The zero-order valence-corrected chi connectivity index (χ0v) is 6.57. The van der Waals surface area contributed by atoms with E-state index in [4.69, 9.17) is 0 Å². The number of aromatic nitrogens is 2. The van der Waals surface area contributed by atoms with E-state index in [9.17, 15) is 4.79 Å². The minimum atomic E-state index is 0.510. The molecule has 0 unspecified atom stereocenters. The maximum atomic E-state index is 10.0. The van der Waals surface area contributed by atoms with Crippen LogP contribution in [-0.4, -0.2) is 16.3 Å². The molecule has 0 aliphatic carbocycles. The van der Waals surface area contributed by atoms with E-state index in [0.717, 1.165) is 6.29 Å². The predicted octanol–water partition coefficient (Wildman–Crippen LogP) is 0.894. The third-order valence-electron chi connectivity index (χ3n) is 0.776. The van der Waals surface area contributed by atoms with Gasteiger partial charge in [-0.25, -0.2) is 9.97 Å². The summed E-state index contributed by atoms with van der Waals surface area (Å²) < 4.78 is 0.651. The van der Waals surface area contributed by atoms with Crippen LogP contribution < -0.4 is 0 Å². The van der Waals surface area contributed by atoms with E-state index in [1.54, 1.807) is 0 Å². The van der Waals surface area contributed by atoms with Crippen LogP contribution in [0.2, 0.25) is 0 Å². The van der Waals surface area contributed by atoms with E-state index in [1.807, 2.05) is 22.6 Å². The van der Waals surface area contributed by atoms with Crippen LogP contribution in [0.1, 0.15) is 10.4 Å². The van der Waals surface area contributed by atoms with Crippen LogP contribution in [0.15, 0.2) is 12.4 Å². The van der Waals surface area contributed by atoms with Gasteiger partial charge in [-0.1, -0.05) is 0 Å². The largest absolute Gasteiger partial charge is 0.298 e. The first-order chi connectivity index (χ1) is 4.33. The number of nitrogens with zero attached hydrogens (tertiary/aromatic N) is 2. The first-order valence-corrected chi connectivity index (χ1v) is 3.33. The van der Waals surface area contributed by atoms with Crippen LogP contribution in [0.3, 0.4) is 0 Å². The number of rotatable bonds is 1. The second kappa shape index (κ2) is 2.86. The van der Waals surface area contributed by atoms with Crippen molar-refractivity contribution < 1.29 is 4.79 Å². The zero-order valence-electron chi connectivity index (χ0n) is 4.41. The molecule has 9 heavy (non-hydrogen) atoms. The van der Waals surface area contributed by atoms with Crippen molar-refractivity contribution in [2.75, 3.05) is 0 Å². The number of carbonyl (C=O) groups is 1. The molecule has 0 aliphatic heterocycles. The molecule has 1 aromatic rings. The molecule has 3 nitrogen and oxygen atoms in total. The van der Waals surface area contributed by atoms with Crippen molar-refractivity contribution in [2.45, 2.75) is 0 Å². The van der Waals surface area contributed by atoms with Gasteiger partial charge in [-0.05, 0) is 0 Å². The summed E-state index contributed by atoms with van der Waals surface area (Å²) in [6.45, 7) is 0. The van der Waals surface area contributed by atoms with Gasteiger partial charge in [0.05, 0.1) is 5.56 Å². The molecule has 0 saturated heterocycles. The van der Waals surface area contributed by atoms with Gasteiger partial charge < -0.3 is 0 Å². The van der Waals surface area contributed by atoms with Crippen LogP contribution in [0, 0.1) is 3.83 Å². The fourth-order valence-corrected chi connectivity index (χ4v) is 0.662. The quantitative estimate of drug-likeness (QED) is 0.411. The van der Waals surface area contributed by atoms with Gasteiger partial charge in [-0.3, -0.25) is 4.79 Å². The summed E-state index contributed by atoms with van der Waals surface area (Å²) >= 11 is 1.97. The second-order valence-corrected chi connectivity index (χ2v) is 2.37. The van der Waals surface area contributed by atoms with Gasteiger partial charge in [-0.2, -0.15) is 0 Å². The third-order valence-corrected chi connectivity index (χ3v) is 1.33. The normalized spacial score (nSPS) is 9.00. The Morgan fingerprint density at radius 1 is 1.44 bits per heavy atom. The molecule has 0 aliphatic rings. The molecule has 0 fully saturated rings. The van der Waals surface area contributed by atoms with Gasteiger partial charge in [0.2, 0.25) is 0 Å². The average Bonchev–Trinajstić information content (AvgIpc) is 1.90. The fraction of sp³-hybridized carbons (Fsp3) is 0. The molecule has 46 valence electrons. The maximum absolute atomic E-state index is 10.0. The highest BCUT2D eigenvalue weighted by Gasteiger charge is 1.89. The molecule has 0 atom stereocenters. The Kier molecular flexibility index (Phi) is 2.10. The Morgan fingerprint density at radius 3 is 2.44 bits per heavy atom. The van der Waals surface area contributed by atoms with Crippen molar-refractivity contribution in [3.05, 3.63) is 21.8 Å². The SMILES string of the molecule is O=Cc1cnc(I)nc1. The molecule has 0 spiro atoms. The number of carbonyl (C=O) groups excluding carboxylic acids is 1. The molecular weight excluding hydrogens is 231 g/mol. The predicted molar refractivity (Wildman–Crippen MR) is 40.1 cm³/mol. The molecule has 4 heteroatoms. The minimum absolute atomic E-state index is 0.510. The number of hydrogen-bond donors (Lipinski definition) is 0. The first-order valence-electron chi connectivity index (χ1n) is 2.25. The fourth-order valence-electron chi connectivity index (χ4n) is 0.383. The van der Waals surface area contributed by atoms with Crippen molar-refractivity contribution in [1.29, 1.82) is 0 Å². The first kappa shape index (κ1) is 6.60. The highest BCUT2D eigenvalue weighted by molar-refractivity contribution is 14.1. The zero-order chi connectivity index (χ0) is 6.69. The van der Waals surface area contributed by atoms with Gasteiger partial charge in [0.1, 0.15) is 0 Å². The molecule has 0 bridgehead atoms. The lowest BCUT2D eigenvalue weighted by Crippen LogP contribution is -1.88. The van der Waals surface area contributed by atoms with Gasteiger partial charge in [0.25, 0.3) is 0 Å². The number of halogens is 1. The summed E-state index contributed by atoms with van der Waals surface area (Å²) in [5.74, 6) is 0. The van der Waals surface area contributed by atoms with Crippen LogP contribution in [0.4, 0.5) is 0 Å². The van der Waals surface area contributed by atoms with E-state index >= 15 is 0 Å². The van der Waals surface area contributed by atoms with Gasteiger partial charge >= 0.3 is 0 Å². The van der Waals surface area contributed by atoms with E-state index in [-0.39, 0.29) is 0 Å². The van der Waals surface area contributed by atoms with E-state index < -0.39 is 0 Å². The van der Waals surface area contributed by atoms with E-state index in [0.29, 0.717) is 9.39 Å². The Bertz CT molecular complexity index is 209. The van der Waals surface area contributed by atoms with E-state index in [2.05, 4.69) is 9.97 Å². The second-order valence-electron chi connectivity index (χ2n) is 1.40. The average molecular weight is 234 g/mol. The van der Waals surface area contributed by atoms with Crippen LogP contribution in [0.5, 0.6) is 0 Å². The molecule has 0 radical (unpaired) electrons. The van der Waals surface area contributed by atoms with E-state index in [1.165, 1.54) is 12.4 Å². The van der Waals surface area contributed by atoms with Gasteiger partial charge in [-0.15, -0.1) is 0 Å². The molecule has 0 saturated carbocycles. The summed E-state index contributed by atoms with van der Waals surface area (Å²) in [5.41, 5.74) is 0.510. The molecule has 0 N–H and O–H groups in total. The van der Waals surface area contributed by atoms with Crippen LogP contribution in [0.25, 0.3) is 0 Å². The van der Waals surface area contributed by atoms with Crippen molar-refractivity contribution in [3.8, 4) is 0 Å². The highest BCUT2D eigenvalue weighted by Crippen LogP contribution is 1.94. The number of hydrogen-bond acceptors (Lipinski definition) is 3. The Morgan fingerprint density at radius 2 is 2.00 bits per heavy atom. The van der Waals surface area contributed by atoms with Gasteiger partial charge in [0.15, 0.2) is 10.1 Å². The van der Waals surface area contributed by atoms with Crippen molar-refractivity contribution in [3.63, 3.8) is 0 Å². The monoisotopic (exact) mass is 234 g/mol. The number of aldehydes is 1. The summed E-state index contributed by atoms with van der Waals surface area (Å²) in [7, 11) is 0. The van der Waals surface area contributed by atoms with Crippen LogP contribution in [-0.2, 0) is 0 Å². The van der Waals surface area contributed by atoms with Crippen molar-refractivity contribution in [1.82, 2.24) is 9.97 Å². The summed E-state index contributed by atoms with van der Waals surface area (Å²) in [5, 5.41) is 0. The Labute approximate surface area is 65.7 Å². The highest BCUT2D eigenvalue weighted by atomic mass is 127. The summed E-state index contributed by atoms with van der Waals surface area (Å²) in [6.07, 6.45) is 3.69. The molecule has 1 heterocycles. The molecule has 0 aromatic carbocycles. The standard InChI is InChI=1S/C5H3IN2O/c6-5-7-1-4(3-9)2-8-5/h1-3H. The van der Waals surface area contributed by atoms with Gasteiger partial charge in [0, 0.05) is 35.0 Å².